The Bertz CT molecular complexity index is 656. The van der Waals surface area contributed by atoms with E-state index in [1.807, 2.05) is 6.07 Å². The van der Waals surface area contributed by atoms with Crippen molar-refractivity contribution in [3.8, 4) is 0 Å². The highest BCUT2D eigenvalue weighted by Gasteiger charge is 2.30. The summed E-state index contributed by atoms with van der Waals surface area (Å²) in [4.78, 5) is 0. The van der Waals surface area contributed by atoms with Gasteiger partial charge in [0, 0.05) is 21.7 Å². The zero-order valence-corrected chi connectivity index (χ0v) is 13.4. The van der Waals surface area contributed by atoms with Crippen molar-refractivity contribution in [2.75, 3.05) is 5.32 Å². The summed E-state index contributed by atoms with van der Waals surface area (Å²) >= 11 is 9.40. The smallest absolute Gasteiger partial charge is 0.381 e. The van der Waals surface area contributed by atoms with Crippen molar-refractivity contribution in [1.82, 2.24) is 0 Å². The highest BCUT2D eigenvalue weighted by atomic mass is 79.9. The van der Waals surface area contributed by atoms with Crippen LogP contribution in [0.2, 0.25) is 5.02 Å². The summed E-state index contributed by atoms with van der Waals surface area (Å²) in [6.45, 7) is 2.10. The summed E-state index contributed by atoms with van der Waals surface area (Å²) in [6, 6.07) is 9.02. The lowest BCUT2D eigenvalue weighted by Crippen LogP contribution is -2.07. The lowest BCUT2D eigenvalue weighted by molar-refractivity contribution is -0.137. The quantitative estimate of drug-likeness (QED) is 0.686. The molecule has 0 unspecified atom stereocenters. The first-order chi connectivity index (χ1) is 9.77. The molecule has 0 saturated carbocycles. The van der Waals surface area contributed by atoms with Crippen LogP contribution in [0.3, 0.4) is 0 Å². The van der Waals surface area contributed by atoms with E-state index in [2.05, 4.69) is 21.2 Å². The van der Waals surface area contributed by atoms with Crippen LogP contribution in [0.4, 0.5) is 18.9 Å². The molecule has 112 valence electrons. The summed E-state index contributed by atoms with van der Waals surface area (Å²) in [5, 5.41) is 3.57. The number of benzene rings is 2. The molecule has 0 spiro atoms. The van der Waals surface area contributed by atoms with Gasteiger partial charge in [-0.3, -0.25) is 0 Å². The van der Waals surface area contributed by atoms with Crippen LogP contribution in [-0.2, 0) is 12.7 Å². The van der Waals surface area contributed by atoms with Crippen molar-refractivity contribution in [2.45, 2.75) is 19.6 Å². The molecule has 0 amide bonds. The van der Waals surface area contributed by atoms with Gasteiger partial charge in [-0.05, 0) is 48.4 Å². The fourth-order valence-corrected chi connectivity index (χ4v) is 2.45. The Morgan fingerprint density at radius 3 is 2.52 bits per heavy atom. The van der Waals surface area contributed by atoms with Crippen LogP contribution in [0, 0.1) is 6.92 Å². The van der Waals surface area contributed by atoms with Gasteiger partial charge < -0.3 is 5.32 Å². The van der Waals surface area contributed by atoms with Crippen molar-refractivity contribution in [3.05, 3.63) is 62.6 Å². The van der Waals surface area contributed by atoms with E-state index < -0.39 is 11.7 Å². The standard InChI is InChI=1S/C15H12BrClF3N/c1-9-2-3-11(15(18,19)20)7-14(9)21-8-10-6-12(16)4-5-13(10)17/h2-7,21H,8H2,1H3. The number of halogens is 5. The Kier molecular flexibility index (Phi) is 4.84. The molecular weight excluding hydrogens is 367 g/mol. The van der Waals surface area contributed by atoms with E-state index in [1.165, 1.54) is 6.07 Å². The van der Waals surface area contributed by atoms with Crippen molar-refractivity contribution < 1.29 is 13.2 Å². The normalized spacial score (nSPS) is 11.5. The summed E-state index contributed by atoms with van der Waals surface area (Å²) in [7, 11) is 0. The second-order valence-corrected chi connectivity index (χ2v) is 5.94. The summed E-state index contributed by atoms with van der Waals surface area (Å²) < 4.78 is 39.0. The minimum atomic E-state index is -4.35. The molecule has 1 nitrogen and oxygen atoms in total. The van der Waals surface area contributed by atoms with Crippen molar-refractivity contribution in [1.29, 1.82) is 0 Å². The fraction of sp³-hybridized carbons (Fsp3) is 0.200. The topological polar surface area (TPSA) is 12.0 Å². The van der Waals surface area contributed by atoms with Crippen LogP contribution in [0.5, 0.6) is 0 Å². The zero-order valence-electron chi connectivity index (χ0n) is 11.1. The van der Waals surface area contributed by atoms with Gasteiger partial charge in [-0.25, -0.2) is 0 Å². The third kappa shape index (κ3) is 4.14. The summed E-state index contributed by atoms with van der Waals surface area (Å²) in [5.41, 5.74) is 1.33. The molecule has 0 aromatic heterocycles. The molecule has 2 aromatic rings. The Morgan fingerprint density at radius 1 is 1.14 bits per heavy atom. The molecule has 2 aromatic carbocycles. The maximum absolute atomic E-state index is 12.7. The molecule has 0 bridgehead atoms. The molecule has 0 atom stereocenters. The molecule has 2 rings (SSSR count). The first-order valence-corrected chi connectivity index (χ1v) is 7.30. The van der Waals surface area contributed by atoms with Crippen LogP contribution in [0.1, 0.15) is 16.7 Å². The summed E-state index contributed by atoms with van der Waals surface area (Å²) in [5.74, 6) is 0. The average Bonchev–Trinajstić information content (AvgIpc) is 2.40. The maximum Gasteiger partial charge on any atom is 0.416 e. The van der Waals surface area contributed by atoms with Crippen LogP contribution in [0.25, 0.3) is 0 Å². The first kappa shape index (κ1) is 16.2. The number of aryl methyl sites for hydroxylation is 1. The number of alkyl halides is 3. The molecule has 0 saturated heterocycles. The van der Waals surface area contributed by atoms with Gasteiger partial charge in [0.25, 0.3) is 0 Å². The second kappa shape index (κ2) is 6.28. The molecule has 0 fully saturated rings. The third-order valence-corrected chi connectivity index (χ3v) is 3.90. The first-order valence-electron chi connectivity index (χ1n) is 6.13. The van der Waals surface area contributed by atoms with Gasteiger partial charge in [0.15, 0.2) is 0 Å². The minimum Gasteiger partial charge on any atom is -0.381 e. The molecule has 21 heavy (non-hydrogen) atoms. The maximum atomic E-state index is 12.7. The van der Waals surface area contributed by atoms with Crippen molar-refractivity contribution in [3.63, 3.8) is 0 Å². The lowest BCUT2D eigenvalue weighted by atomic mass is 10.1. The Labute approximate surface area is 134 Å². The van der Waals surface area contributed by atoms with Crippen LogP contribution in [0.15, 0.2) is 40.9 Å². The molecule has 1 N–H and O–H groups in total. The van der Waals surface area contributed by atoms with Gasteiger partial charge in [-0.1, -0.05) is 33.6 Å². The van der Waals surface area contributed by atoms with E-state index in [9.17, 15) is 13.2 Å². The van der Waals surface area contributed by atoms with Gasteiger partial charge >= 0.3 is 6.18 Å². The molecule has 0 aliphatic carbocycles. The van der Waals surface area contributed by atoms with E-state index in [0.717, 1.165) is 27.7 Å². The fourth-order valence-electron chi connectivity index (χ4n) is 1.86. The number of anilines is 1. The highest BCUT2D eigenvalue weighted by Crippen LogP contribution is 2.32. The number of hydrogen-bond acceptors (Lipinski definition) is 1. The summed E-state index contributed by atoms with van der Waals surface area (Å²) in [6.07, 6.45) is -4.35. The van der Waals surface area contributed by atoms with E-state index in [-0.39, 0.29) is 0 Å². The Hall–Kier alpha value is -1.20. The number of hydrogen-bond donors (Lipinski definition) is 1. The molecule has 0 heterocycles. The van der Waals surface area contributed by atoms with Crippen molar-refractivity contribution >= 4 is 33.2 Å². The SMILES string of the molecule is Cc1ccc(C(F)(F)F)cc1NCc1cc(Br)ccc1Cl. The zero-order chi connectivity index (χ0) is 15.6. The van der Waals surface area contributed by atoms with Crippen LogP contribution < -0.4 is 5.32 Å². The van der Waals surface area contributed by atoms with Gasteiger partial charge in [-0.2, -0.15) is 13.2 Å². The molecule has 0 aliphatic heterocycles. The predicted octanol–water partition coefficient (Wildman–Crippen LogP) is 6.04. The van der Waals surface area contributed by atoms with E-state index >= 15 is 0 Å². The monoisotopic (exact) mass is 377 g/mol. The van der Waals surface area contributed by atoms with Crippen LogP contribution >= 0.6 is 27.5 Å². The van der Waals surface area contributed by atoms with E-state index in [0.29, 0.717) is 17.3 Å². The van der Waals surface area contributed by atoms with Gasteiger partial charge in [0.05, 0.1) is 5.56 Å². The third-order valence-electron chi connectivity index (χ3n) is 3.04. The molecule has 0 aliphatic rings. The Morgan fingerprint density at radius 2 is 1.86 bits per heavy atom. The number of rotatable bonds is 3. The number of nitrogens with one attached hydrogen (secondary N) is 1. The minimum absolute atomic E-state index is 0.348. The molecule has 6 heteroatoms. The van der Waals surface area contributed by atoms with Crippen LogP contribution in [-0.4, -0.2) is 0 Å². The van der Waals surface area contributed by atoms with Gasteiger partial charge in [-0.15, -0.1) is 0 Å². The highest BCUT2D eigenvalue weighted by molar-refractivity contribution is 9.10. The van der Waals surface area contributed by atoms with Crippen molar-refractivity contribution in [2.24, 2.45) is 0 Å². The van der Waals surface area contributed by atoms with Gasteiger partial charge in [0.1, 0.15) is 0 Å². The molecular formula is C15H12BrClF3N. The Balaban J connectivity index is 2.22. The second-order valence-electron chi connectivity index (χ2n) is 4.62. The van der Waals surface area contributed by atoms with Gasteiger partial charge in [0.2, 0.25) is 0 Å². The van der Waals surface area contributed by atoms with E-state index in [1.54, 1.807) is 19.1 Å². The average molecular weight is 379 g/mol. The molecule has 0 radical (unpaired) electrons. The largest absolute Gasteiger partial charge is 0.416 e. The predicted molar refractivity (Wildman–Crippen MR) is 82.7 cm³/mol. The lowest BCUT2D eigenvalue weighted by Gasteiger charge is -2.14. The van der Waals surface area contributed by atoms with E-state index in [4.69, 9.17) is 11.6 Å².